The minimum atomic E-state index is -2.18. The Morgan fingerprint density at radius 2 is 1.17 bits per heavy atom. The van der Waals surface area contributed by atoms with Crippen LogP contribution in [0.15, 0.2) is 0 Å². The van der Waals surface area contributed by atoms with Gasteiger partial charge in [0.15, 0.2) is 31.2 Å². The minimum absolute atomic E-state index is 0.0301. The largest absolute Gasteiger partial charge is 0.414 e. The van der Waals surface area contributed by atoms with Crippen LogP contribution in [0.5, 0.6) is 0 Å². The van der Waals surface area contributed by atoms with Crippen LogP contribution in [0.2, 0.25) is 54.4 Å². The summed E-state index contributed by atoms with van der Waals surface area (Å²) in [4.78, 5) is 0. The topological polar surface area (TPSA) is 66.4 Å². The van der Waals surface area contributed by atoms with Crippen molar-refractivity contribution in [1.29, 1.82) is 0 Å². The third-order valence-electron chi connectivity index (χ3n) is 9.83. The SMILES string of the molecule is CC(C)(C)[Si](C)(C)OC[C@H]1O[C@H]2OC[C@H](CO)[C@H]2[C@@H](O[Si](C)(C)C(C)(C)C)[C@@H]1O[Si](C)(C)C(C)(C)C. The Labute approximate surface area is 225 Å². The van der Waals surface area contributed by atoms with Gasteiger partial charge in [0.1, 0.15) is 6.10 Å². The first-order valence-corrected chi connectivity index (χ1v) is 22.6. The normalized spacial score (nSPS) is 31.0. The lowest BCUT2D eigenvalue weighted by Crippen LogP contribution is -2.64. The van der Waals surface area contributed by atoms with Crippen LogP contribution < -0.4 is 0 Å². The molecule has 0 saturated carbocycles. The summed E-state index contributed by atoms with van der Waals surface area (Å²) in [6.07, 6.45) is -1.20. The second kappa shape index (κ2) is 10.8. The molecule has 2 heterocycles. The summed E-state index contributed by atoms with van der Waals surface area (Å²) in [6.45, 7) is 35.1. The van der Waals surface area contributed by atoms with E-state index in [-0.39, 0.29) is 51.9 Å². The lowest BCUT2D eigenvalue weighted by molar-refractivity contribution is -0.254. The van der Waals surface area contributed by atoms with Crippen LogP contribution in [-0.4, -0.2) is 74.5 Å². The first kappa shape index (κ1) is 32.6. The second-order valence-electron chi connectivity index (χ2n) is 15.7. The Balaban J connectivity index is 2.54. The van der Waals surface area contributed by atoms with Crippen molar-refractivity contribution in [2.75, 3.05) is 19.8 Å². The third-order valence-corrected chi connectivity index (χ3v) is 23.3. The summed E-state index contributed by atoms with van der Waals surface area (Å²) in [5, 5.41) is 10.4. The fourth-order valence-corrected chi connectivity index (χ4v) is 7.69. The molecule has 0 aromatic rings. The van der Waals surface area contributed by atoms with Gasteiger partial charge >= 0.3 is 0 Å². The molecule has 214 valence electrons. The predicted octanol–water partition coefficient (Wildman–Crippen LogP) is 6.77. The van der Waals surface area contributed by atoms with Gasteiger partial charge in [0, 0.05) is 18.4 Å². The number of hydrogen-bond acceptors (Lipinski definition) is 6. The van der Waals surface area contributed by atoms with Crippen molar-refractivity contribution in [3.63, 3.8) is 0 Å². The summed E-state index contributed by atoms with van der Waals surface area (Å²) >= 11 is 0. The fraction of sp³-hybridized carbons (Fsp3) is 1.00. The Morgan fingerprint density at radius 3 is 1.58 bits per heavy atom. The van der Waals surface area contributed by atoms with Crippen molar-refractivity contribution in [2.45, 2.75) is 141 Å². The van der Waals surface area contributed by atoms with E-state index >= 15 is 0 Å². The van der Waals surface area contributed by atoms with Crippen LogP contribution in [0.25, 0.3) is 0 Å². The molecule has 2 saturated heterocycles. The highest BCUT2D eigenvalue weighted by molar-refractivity contribution is 6.75. The van der Waals surface area contributed by atoms with Crippen molar-refractivity contribution in [1.82, 2.24) is 0 Å². The van der Waals surface area contributed by atoms with Gasteiger partial charge in [0.05, 0.1) is 25.4 Å². The number of hydrogen-bond donors (Lipinski definition) is 1. The Kier molecular flexibility index (Phi) is 9.75. The van der Waals surface area contributed by atoms with E-state index in [0.717, 1.165) is 0 Å². The summed E-state index contributed by atoms with van der Waals surface area (Å²) in [6, 6.07) is 0. The first-order valence-electron chi connectivity index (χ1n) is 13.8. The standard InChI is InChI=1S/C27H58O6Si3/c1-25(2,3)34(10,11)30-18-20-22(32-35(12,13)26(4,5)6)23(33-36(14,15)27(7,8)9)21-19(16-28)17-29-24(21)31-20/h19-24,28H,16-18H2,1-15H3/t19-,20+,21-,22+,23+,24+/m0/s1. The molecule has 36 heavy (non-hydrogen) atoms. The molecule has 2 aliphatic rings. The van der Waals surface area contributed by atoms with Crippen molar-refractivity contribution in [3.8, 4) is 0 Å². The Hall–Kier alpha value is 0.411. The maximum Gasteiger partial charge on any atom is 0.192 e. The predicted molar refractivity (Wildman–Crippen MR) is 156 cm³/mol. The van der Waals surface area contributed by atoms with E-state index in [4.69, 9.17) is 22.8 Å². The lowest BCUT2D eigenvalue weighted by Gasteiger charge is -2.52. The van der Waals surface area contributed by atoms with Gasteiger partial charge in [-0.2, -0.15) is 0 Å². The number of fused-ring (bicyclic) bond motifs is 1. The molecule has 6 atom stereocenters. The van der Waals surface area contributed by atoms with E-state index < -0.39 is 31.2 Å². The molecular weight excluding hydrogens is 505 g/mol. The molecule has 2 aliphatic heterocycles. The zero-order chi connectivity index (χ0) is 28.1. The average Bonchev–Trinajstić information content (AvgIpc) is 3.08. The monoisotopic (exact) mass is 562 g/mol. The fourth-order valence-electron chi connectivity index (χ4n) is 4.03. The van der Waals surface area contributed by atoms with Gasteiger partial charge in [-0.1, -0.05) is 62.3 Å². The number of aliphatic hydroxyl groups excluding tert-OH is 1. The smallest absolute Gasteiger partial charge is 0.192 e. The van der Waals surface area contributed by atoms with Crippen LogP contribution in [0.4, 0.5) is 0 Å². The van der Waals surface area contributed by atoms with E-state index in [1.807, 2.05) is 0 Å². The number of ether oxygens (including phenoxy) is 2. The summed E-state index contributed by atoms with van der Waals surface area (Å²) in [5.41, 5.74) is 0. The highest BCUT2D eigenvalue weighted by Crippen LogP contribution is 2.48. The van der Waals surface area contributed by atoms with Crippen LogP contribution in [0.3, 0.4) is 0 Å². The van der Waals surface area contributed by atoms with Crippen molar-refractivity contribution >= 4 is 25.0 Å². The van der Waals surface area contributed by atoms with Gasteiger partial charge in [-0.05, 0) is 54.4 Å². The molecule has 0 aliphatic carbocycles. The molecule has 6 nitrogen and oxygen atoms in total. The zero-order valence-electron chi connectivity index (χ0n) is 26.1. The van der Waals surface area contributed by atoms with Crippen LogP contribution in [0, 0.1) is 11.8 Å². The van der Waals surface area contributed by atoms with Gasteiger partial charge in [-0.25, -0.2) is 0 Å². The van der Waals surface area contributed by atoms with E-state index in [1.54, 1.807) is 0 Å². The molecule has 0 aromatic heterocycles. The van der Waals surface area contributed by atoms with Crippen molar-refractivity contribution < 1.29 is 27.9 Å². The van der Waals surface area contributed by atoms with E-state index in [2.05, 4.69) is 102 Å². The summed E-state index contributed by atoms with van der Waals surface area (Å²) < 4.78 is 33.9. The maximum atomic E-state index is 10.3. The molecule has 0 spiro atoms. The molecule has 0 radical (unpaired) electrons. The number of rotatable bonds is 8. The van der Waals surface area contributed by atoms with Crippen LogP contribution in [0.1, 0.15) is 62.3 Å². The summed E-state index contributed by atoms with van der Waals surface area (Å²) in [7, 11) is -6.35. The molecule has 0 aromatic carbocycles. The number of aliphatic hydroxyl groups is 1. The van der Waals surface area contributed by atoms with Crippen LogP contribution in [-0.2, 0) is 22.8 Å². The van der Waals surface area contributed by atoms with E-state index in [9.17, 15) is 5.11 Å². The molecule has 9 heteroatoms. The average molecular weight is 563 g/mol. The third kappa shape index (κ3) is 6.94. The van der Waals surface area contributed by atoms with Gasteiger partial charge in [-0.3, -0.25) is 0 Å². The molecule has 0 bridgehead atoms. The maximum absolute atomic E-state index is 10.3. The van der Waals surface area contributed by atoms with Gasteiger partial charge < -0.3 is 27.9 Å². The van der Waals surface area contributed by atoms with Gasteiger partial charge in [0.2, 0.25) is 0 Å². The molecule has 0 unspecified atom stereocenters. The molecule has 2 rings (SSSR count). The van der Waals surface area contributed by atoms with E-state index in [1.165, 1.54) is 0 Å². The molecular formula is C27H58O6Si3. The highest BCUT2D eigenvalue weighted by atomic mass is 28.4. The van der Waals surface area contributed by atoms with Gasteiger partial charge in [0.25, 0.3) is 0 Å². The van der Waals surface area contributed by atoms with Crippen molar-refractivity contribution in [3.05, 3.63) is 0 Å². The quantitative estimate of drug-likeness (QED) is 0.329. The van der Waals surface area contributed by atoms with Crippen molar-refractivity contribution in [2.24, 2.45) is 11.8 Å². The summed E-state index contributed by atoms with van der Waals surface area (Å²) in [5.74, 6) is -0.0967. The second-order valence-corrected chi connectivity index (χ2v) is 30.0. The first-order chi connectivity index (χ1) is 16.0. The zero-order valence-corrected chi connectivity index (χ0v) is 29.1. The van der Waals surface area contributed by atoms with E-state index in [0.29, 0.717) is 13.2 Å². The Morgan fingerprint density at radius 1 is 0.722 bits per heavy atom. The molecule has 0 amide bonds. The Bertz CT molecular complexity index is 735. The highest BCUT2D eigenvalue weighted by Gasteiger charge is 2.58. The lowest BCUT2D eigenvalue weighted by atomic mass is 9.84. The molecule has 1 N–H and O–H groups in total. The van der Waals surface area contributed by atoms with Crippen LogP contribution >= 0.6 is 0 Å². The molecule has 2 fully saturated rings. The minimum Gasteiger partial charge on any atom is -0.414 e. The van der Waals surface area contributed by atoms with Gasteiger partial charge in [-0.15, -0.1) is 0 Å².